The fourth-order valence-electron chi connectivity index (χ4n) is 1.66. The van der Waals surface area contributed by atoms with Crippen molar-refractivity contribution in [3.05, 3.63) is 35.4 Å². The highest BCUT2D eigenvalue weighted by Crippen LogP contribution is 2.21. The Morgan fingerprint density at radius 3 is 2.29 bits per heavy atom. The zero-order chi connectivity index (χ0) is 10.6. The van der Waals surface area contributed by atoms with Gasteiger partial charge in [-0.1, -0.05) is 36.8 Å². The van der Waals surface area contributed by atoms with Crippen LogP contribution >= 0.6 is 0 Å². The summed E-state index contributed by atoms with van der Waals surface area (Å²) in [4.78, 5) is 0. The molecule has 14 heavy (non-hydrogen) atoms. The molecule has 1 aromatic carbocycles. The topological polar surface area (TPSA) is 32.3 Å². The summed E-state index contributed by atoms with van der Waals surface area (Å²) in [5.41, 5.74) is 2.50. The van der Waals surface area contributed by atoms with E-state index >= 15 is 0 Å². The zero-order valence-corrected chi connectivity index (χ0v) is 9.12. The first-order chi connectivity index (χ1) is 6.69. The predicted octanol–water partition coefficient (Wildman–Crippen LogP) is 1.88. The van der Waals surface area contributed by atoms with Crippen molar-refractivity contribution in [2.75, 3.05) is 13.7 Å². The molecule has 78 valence electrons. The number of aryl methyl sites for hydroxylation is 1. The first-order valence-corrected chi connectivity index (χ1v) is 5.03. The van der Waals surface area contributed by atoms with E-state index in [0.717, 1.165) is 0 Å². The van der Waals surface area contributed by atoms with Crippen LogP contribution < -0.4 is 5.32 Å². The quantitative estimate of drug-likeness (QED) is 0.765. The molecule has 1 rings (SSSR count). The highest BCUT2D eigenvalue weighted by Gasteiger charge is 2.15. The summed E-state index contributed by atoms with van der Waals surface area (Å²) in [7, 11) is 1.93. The average molecular weight is 193 g/mol. The molecule has 0 saturated heterocycles. The Bertz CT molecular complexity index is 268. The summed E-state index contributed by atoms with van der Waals surface area (Å²) in [6, 6.07) is 8.67. The molecule has 0 bridgehead atoms. The normalized spacial score (nSPS) is 15.1. The number of rotatable bonds is 4. The first kappa shape index (κ1) is 11.2. The Morgan fingerprint density at radius 2 is 1.86 bits per heavy atom. The number of aliphatic hydroxyl groups excluding tert-OH is 1. The summed E-state index contributed by atoms with van der Waals surface area (Å²) >= 11 is 0. The minimum Gasteiger partial charge on any atom is -0.396 e. The number of benzene rings is 1. The minimum atomic E-state index is 0.208. The molecule has 0 saturated carbocycles. The van der Waals surface area contributed by atoms with E-state index in [4.69, 9.17) is 5.11 Å². The molecule has 2 nitrogen and oxygen atoms in total. The summed E-state index contributed by atoms with van der Waals surface area (Å²) in [6.45, 7) is 4.33. The molecule has 2 atom stereocenters. The lowest BCUT2D eigenvalue weighted by molar-refractivity contribution is 0.206. The molecule has 0 heterocycles. The van der Waals surface area contributed by atoms with Gasteiger partial charge in [-0.15, -0.1) is 0 Å². The smallest absolute Gasteiger partial charge is 0.0474 e. The van der Waals surface area contributed by atoms with Crippen LogP contribution in [0.4, 0.5) is 0 Å². The van der Waals surface area contributed by atoms with Gasteiger partial charge in [0, 0.05) is 12.6 Å². The van der Waals surface area contributed by atoms with Gasteiger partial charge in [-0.2, -0.15) is 0 Å². The van der Waals surface area contributed by atoms with Crippen LogP contribution in [-0.4, -0.2) is 18.8 Å². The van der Waals surface area contributed by atoms with Gasteiger partial charge in [-0.05, 0) is 25.5 Å². The van der Waals surface area contributed by atoms with Crippen LogP contribution in [0, 0.1) is 12.8 Å². The van der Waals surface area contributed by atoms with E-state index in [9.17, 15) is 0 Å². The molecule has 0 aromatic heterocycles. The summed E-state index contributed by atoms with van der Waals surface area (Å²) in [6.07, 6.45) is 0. The molecule has 0 unspecified atom stereocenters. The summed E-state index contributed by atoms with van der Waals surface area (Å²) in [5, 5.41) is 12.3. The van der Waals surface area contributed by atoms with E-state index in [1.165, 1.54) is 11.1 Å². The van der Waals surface area contributed by atoms with Crippen molar-refractivity contribution < 1.29 is 5.11 Å². The lowest BCUT2D eigenvalue weighted by Crippen LogP contribution is -2.25. The van der Waals surface area contributed by atoms with E-state index in [1.807, 2.05) is 14.0 Å². The number of hydrogen-bond donors (Lipinski definition) is 2. The summed E-state index contributed by atoms with van der Waals surface area (Å²) in [5.74, 6) is 0.239. The zero-order valence-electron chi connectivity index (χ0n) is 9.12. The third kappa shape index (κ3) is 2.56. The van der Waals surface area contributed by atoms with E-state index in [0.29, 0.717) is 0 Å². The molecule has 2 heteroatoms. The highest BCUT2D eigenvalue weighted by atomic mass is 16.3. The summed E-state index contributed by atoms with van der Waals surface area (Å²) < 4.78 is 0. The van der Waals surface area contributed by atoms with E-state index < -0.39 is 0 Å². The monoisotopic (exact) mass is 193 g/mol. The van der Waals surface area contributed by atoms with Crippen LogP contribution in [0.2, 0.25) is 0 Å². The van der Waals surface area contributed by atoms with E-state index in [2.05, 4.69) is 36.5 Å². The average Bonchev–Trinajstić information content (AvgIpc) is 2.21. The fraction of sp³-hybridized carbons (Fsp3) is 0.500. The molecule has 0 amide bonds. The fourth-order valence-corrected chi connectivity index (χ4v) is 1.66. The third-order valence-corrected chi connectivity index (χ3v) is 2.60. The SMILES string of the molecule is CN[C@H](c1ccc(C)cc1)[C@H](C)CO. The van der Waals surface area contributed by atoms with Crippen LogP contribution in [0.5, 0.6) is 0 Å². The van der Waals surface area contributed by atoms with Crippen LogP contribution in [-0.2, 0) is 0 Å². The second-order valence-corrected chi connectivity index (χ2v) is 3.84. The largest absolute Gasteiger partial charge is 0.396 e. The van der Waals surface area contributed by atoms with Gasteiger partial charge >= 0.3 is 0 Å². The first-order valence-electron chi connectivity index (χ1n) is 5.03. The maximum absolute atomic E-state index is 9.11. The van der Waals surface area contributed by atoms with Gasteiger partial charge in [0.2, 0.25) is 0 Å². The second kappa shape index (κ2) is 5.13. The maximum Gasteiger partial charge on any atom is 0.0474 e. The van der Waals surface area contributed by atoms with Crippen LogP contribution in [0.25, 0.3) is 0 Å². The lowest BCUT2D eigenvalue weighted by atomic mass is 9.95. The number of nitrogens with one attached hydrogen (secondary N) is 1. The van der Waals surface area contributed by atoms with Crippen molar-refractivity contribution in [3.63, 3.8) is 0 Å². The van der Waals surface area contributed by atoms with Crippen molar-refractivity contribution in [2.45, 2.75) is 19.9 Å². The Morgan fingerprint density at radius 1 is 1.29 bits per heavy atom. The standard InChI is InChI=1S/C12H19NO/c1-9-4-6-11(7-5-9)12(13-3)10(2)8-14/h4-7,10,12-14H,8H2,1-3H3/t10-,12+/m1/s1. The number of aliphatic hydroxyl groups is 1. The van der Waals surface area contributed by atoms with Gasteiger partial charge in [-0.3, -0.25) is 0 Å². The van der Waals surface area contributed by atoms with Crippen molar-refractivity contribution in [2.24, 2.45) is 5.92 Å². The van der Waals surface area contributed by atoms with Crippen LogP contribution in [0.1, 0.15) is 24.1 Å². The minimum absolute atomic E-state index is 0.208. The molecule has 0 aliphatic heterocycles. The van der Waals surface area contributed by atoms with Gasteiger partial charge in [0.25, 0.3) is 0 Å². The molecule has 0 spiro atoms. The molecule has 0 fully saturated rings. The molecule has 1 aromatic rings. The van der Waals surface area contributed by atoms with Gasteiger partial charge in [-0.25, -0.2) is 0 Å². The Labute approximate surface area is 86.0 Å². The molecular formula is C12H19NO. The molecular weight excluding hydrogens is 174 g/mol. The van der Waals surface area contributed by atoms with Gasteiger partial charge in [0.1, 0.15) is 0 Å². The maximum atomic E-state index is 9.11. The molecule has 2 N–H and O–H groups in total. The lowest BCUT2D eigenvalue weighted by Gasteiger charge is -2.22. The van der Waals surface area contributed by atoms with Crippen molar-refractivity contribution in [3.8, 4) is 0 Å². The Hall–Kier alpha value is -0.860. The van der Waals surface area contributed by atoms with Gasteiger partial charge in [0.15, 0.2) is 0 Å². The van der Waals surface area contributed by atoms with Gasteiger partial charge in [0.05, 0.1) is 0 Å². The highest BCUT2D eigenvalue weighted by molar-refractivity contribution is 5.24. The molecule has 0 radical (unpaired) electrons. The second-order valence-electron chi connectivity index (χ2n) is 3.84. The Kier molecular flexibility index (Phi) is 4.11. The van der Waals surface area contributed by atoms with Crippen LogP contribution in [0.3, 0.4) is 0 Å². The molecule has 0 aliphatic rings. The Balaban J connectivity index is 2.84. The van der Waals surface area contributed by atoms with Crippen molar-refractivity contribution in [1.29, 1.82) is 0 Å². The van der Waals surface area contributed by atoms with Crippen molar-refractivity contribution in [1.82, 2.24) is 5.32 Å². The van der Waals surface area contributed by atoms with E-state index in [1.54, 1.807) is 0 Å². The number of hydrogen-bond acceptors (Lipinski definition) is 2. The van der Waals surface area contributed by atoms with Crippen molar-refractivity contribution >= 4 is 0 Å². The predicted molar refractivity (Wildman–Crippen MR) is 59.2 cm³/mol. The van der Waals surface area contributed by atoms with Gasteiger partial charge < -0.3 is 10.4 Å². The van der Waals surface area contributed by atoms with Crippen LogP contribution in [0.15, 0.2) is 24.3 Å². The van der Waals surface area contributed by atoms with E-state index in [-0.39, 0.29) is 18.6 Å². The molecule has 0 aliphatic carbocycles. The third-order valence-electron chi connectivity index (χ3n) is 2.60.